The Hall–Kier alpha value is -2.41. The van der Waals surface area contributed by atoms with E-state index in [9.17, 15) is 9.18 Å². The van der Waals surface area contributed by atoms with Crippen LogP contribution in [0, 0.1) is 5.82 Å². The van der Waals surface area contributed by atoms with Crippen LogP contribution in [0.3, 0.4) is 0 Å². The summed E-state index contributed by atoms with van der Waals surface area (Å²) in [4.78, 5) is 18.0. The van der Waals surface area contributed by atoms with Crippen molar-refractivity contribution in [2.45, 2.75) is 6.04 Å². The van der Waals surface area contributed by atoms with E-state index in [0.717, 1.165) is 29.6 Å². The van der Waals surface area contributed by atoms with E-state index in [4.69, 9.17) is 16.3 Å². The molecule has 5 nitrogen and oxygen atoms in total. The quantitative estimate of drug-likeness (QED) is 0.684. The highest BCUT2D eigenvalue weighted by atomic mass is 35.5. The molecule has 1 aromatic heterocycles. The van der Waals surface area contributed by atoms with Crippen LogP contribution < -0.4 is 5.32 Å². The number of aromatic amines is 1. The average molecular weight is 402 g/mol. The number of morpholine rings is 1. The summed E-state index contributed by atoms with van der Waals surface area (Å²) in [6.07, 6.45) is 0. The Morgan fingerprint density at radius 3 is 2.82 bits per heavy atom. The highest BCUT2D eigenvalue weighted by molar-refractivity contribution is 6.31. The first-order valence-corrected chi connectivity index (χ1v) is 9.62. The maximum Gasteiger partial charge on any atom is 0.267 e. The summed E-state index contributed by atoms with van der Waals surface area (Å²) in [5.41, 5.74) is 2.12. The minimum absolute atomic E-state index is 0.123. The molecule has 0 spiro atoms. The zero-order valence-electron chi connectivity index (χ0n) is 15.3. The van der Waals surface area contributed by atoms with Gasteiger partial charge in [-0.3, -0.25) is 9.69 Å². The molecule has 0 bridgehead atoms. The fraction of sp³-hybridized carbons (Fsp3) is 0.286. The van der Waals surface area contributed by atoms with Crippen LogP contribution in [0.1, 0.15) is 22.1 Å². The Morgan fingerprint density at radius 2 is 2.04 bits per heavy atom. The summed E-state index contributed by atoms with van der Waals surface area (Å²) in [6, 6.07) is 13.7. The van der Waals surface area contributed by atoms with Gasteiger partial charge in [-0.1, -0.05) is 29.8 Å². The lowest BCUT2D eigenvalue weighted by Crippen LogP contribution is -2.43. The zero-order valence-corrected chi connectivity index (χ0v) is 16.0. The lowest BCUT2D eigenvalue weighted by molar-refractivity contribution is 0.0161. The van der Waals surface area contributed by atoms with E-state index >= 15 is 0 Å². The van der Waals surface area contributed by atoms with Gasteiger partial charge in [-0.05, 0) is 35.9 Å². The SMILES string of the molecule is O=C(NCC(c1cccc(F)c1)N1CCOCC1)c1cc2ccc(Cl)cc2[nH]1. The third kappa shape index (κ3) is 4.19. The van der Waals surface area contributed by atoms with Crippen LogP contribution >= 0.6 is 11.6 Å². The Labute approximate surface area is 167 Å². The number of carbonyl (C=O) groups excluding carboxylic acids is 1. The van der Waals surface area contributed by atoms with Crippen molar-refractivity contribution in [2.75, 3.05) is 32.8 Å². The molecular formula is C21H21ClFN3O2. The van der Waals surface area contributed by atoms with Crippen LogP contribution in [0.2, 0.25) is 5.02 Å². The monoisotopic (exact) mass is 401 g/mol. The number of benzene rings is 2. The van der Waals surface area contributed by atoms with E-state index in [1.807, 2.05) is 12.1 Å². The van der Waals surface area contributed by atoms with Crippen molar-refractivity contribution in [2.24, 2.45) is 0 Å². The Morgan fingerprint density at radius 1 is 1.21 bits per heavy atom. The average Bonchev–Trinajstić information content (AvgIpc) is 3.12. The van der Waals surface area contributed by atoms with Gasteiger partial charge in [-0.15, -0.1) is 0 Å². The molecule has 2 aromatic carbocycles. The van der Waals surface area contributed by atoms with Crippen molar-refractivity contribution in [1.82, 2.24) is 15.2 Å². The fourth-order valence-electron chi connectivity index (χ4n) is 3.57. The summed E-state index contributed by atoms with van der Waals surface area (Å²) in [5.74, 6) is -0.489. The number of hydrogen-bond donors (Lipinski definition) is 2. The normalized spacial score (nSPS) is 16.2. The number of nitrogens with one attached hydrogen (secondary N) is 2. The van der Waals surface area contributed by atoms with Gasteiger partial charge in [-0.25, -0.2) is 4.39 Å². The Bertz CT molecular complexity index is 985. The minimum Gasteiger partial charge on any atom is -0.379 e. The van der Waals surface area contributed by atoms with E-state index in [1.165, 1.54) is 12.1 Å². The van der Waals surface area contributed by atoms with Gasteiger partial charge in [0.2, 0.25) is 0 Å². The molecule has 2 heterocycles. The van der Waals surface area contributed by atoms with Gasteiger partial charge < -0.3 is 15.0 Å². The van der Waals surface area contributed by atoms with E-state index < -0.39 is 0 Å². The summed E-state index contributed by atoms with van der Waals surface area (Å²) in [5, 5.41) is 4.51. The van der Waals surface area contributed by atoms with Crippen molar-refractivity contribution in [1.29, 1.82) is 0 Å². The second kappa shape index (κ2) is 8.31. The largest absolute Gasteiger partial charge is 0.379 e. The third-order valence-corrected chi connectivity index (χ3v) is 5.24. The number of fused-ring (bicyclic) bond motifs is 1. The van der Waals surface area contributed by atoms with E-state index in [1.54, 1.807) is 24.3 Å². The second-order valence-corrected chi connectivity index (χ2v) is 7.28. The number of ether oxygens (including phenoxy) is 1. The van der Waals surface area contributed by atoms with Gasteiger partial charge >= 0.3 is 0 Å². The summed E-state index contributed by atoms with van der Waals surface area (Å²) < 4.78 is 19.2. The van der Waals surface area contributed by atoms with Gasteiger partial charge in [0.1, 0.15) is 11.5 Å². The molecule has 3 aromatic rings. The lowest BCUT2D eigenvalue weighted by Gasteiger charge is -2.34. The molecule has 0 aliphatic carbocycles. The molecule has 146 valence electrons. The molecule has 1 saturated heterocycles. The van der Waals surface area contributed by atoms with Gasteiger partial charge in [0.25, 0.3) is 5.91 Å². The Kier molecular flexibility index (Phi) is 5.62. The fourth-order valence-corrected chi connectivity index (χ4v) is 3.74. The molecule has 1 amide bonds. The number of rotatable bonds is 5. The summed E-state index contributed by atoms with van der Waals surface area (Å²) in [7, 11) is 0. The first-order chi connectivity index (χ1) is 13.6. The van der Waals surface area contributed by atoms with Gasteiger partial charge in [-0.2, -0.15) is 0 Å². The molecule has 1 aliphatic heterocycles. The van der Waals surface area contributed by atoms with Crippen LogP contribution in [0.4, 0.5) is 4.39 Å². The first kappa shape index (κ1) is 18.9. The van der Waals surface area contributed by atoms with Gasteiger partial charge in [0, 0.05) is 35.6 Å². The van der Waals surface area contributed by atoms with Crippen molar-refractivity contribution in [3.8, 4) is 0 Å². The number of halogens is 2. The van der Waals surface area contributed by atoms with Crippen molar-refractivity contribution in [3.05, 3.63) is 70.6 Å². The highest BCUT2D eigenvalue weighted by Crippen LogP contribution is 2.23. The molecule has 28 heavy (non-hydrogen) atoms. The molecule has 1 atom stereocenters. The lowest BCUT2D eigenvalue weighted by atomic mass is 10.0. The predicted molar refractivity (Wildman–Crippen MR) is 107 cm³/mol. The molecule has 1 fully saturated rings. The zero-order chi connectivity index (χ0) is 19.5. The highest BCUT2D eigenvalue weighted by Gasteiger charge is 2.24. The number of carbonyl (C=O) groups is 1. The molecular weight excluding hydrogens is 381 g/mol. The van der Waals surface area contributed by atoms with Crippen LogP contribution in [-0.4, -0.2) is 48.6 Å². The maximum atomic E-state index is 13.8. The number of amides is 1. The topological polar surface area (TPSA) is 57.4 Å². The smallest absolute Gasteiger partial charge is 0.267 e. The van der Waals surface area contributed by atoms with Gasteiger partial charge in [0.05, 0.1) is 19.3 Å². The minimum atomic E-state index is -0.283. The van der Waals surface area contributed by atoms with Gasteiger partial charge in [0.15, 0.2) is 0 Å². The molecule has 0 saturated carbocycles. The van der Waals surface area contributed by atoms with Crippen LogP contribution in [0.25, 0.3) is 10.9 Å². The summed E-state index contributed by atoms with van der Waals surface area (Å²) in [6.45, 7) is 3.10. The van der Waals surface area contributed by atoms with E-state index in [-0.39, 0.29) is 17.8 Å². The van der Waals surface area contributed by atoms with Crippen LogP contribution in [0.5, 0.6) is 0 Å². The molecule has 4 rings (SSSR count). The molecule has 7 heteroatoms. The third-order valence-electron chi connectivity index (χ3n) is 5.01. The molecule has 1 unspecified atom stereocenters. The first-order valence-electron chi connectivity index (χ1n) is 9.24. The maximum absolute atomic E-state index is 13.8. The standard InChI is InChI=1S/C21H21ClFN3O2/c22-16-5-4-14-11-19(25-18(14)12-16)21(27)24-13-20(26-6-8-28-9-7-26)15-2-1-3-17(23)10-15/h1-5,10-12,20,25H,6-9,13H2,(H,24,27). The molecule has 2 N–H and O–H groups in total. The number of H-pyrrole nitrogens is 1. The Balaban J connectivity index is 1.51. The van der Waals surface area contributed by atoms with Crippen LogP contribution in [0.15, 0.2) is 48.5 Å². The van der Waals surface area contributed by atoms with Crippen molar-refractivity contribution < 1.29 is 13.9 Å². The molecule has 0 radical (unpaired) electrons. The number of aromatic nitrogens is 1. The van der Waals surface area contributed by atoms with Crippen molar-refractivity contribution in [3.63, 3.8) is 0 Å². The second-order valence-electron chi connectivity index (χ2n) is 6.84. The van der Waals surface area contributed by atoms with E-state index in [2.05, 4.69) is 15.2 Å². The van der Waals surface area contributed by atoms with Crippen LogP contribution in [-0.2, 0) is 4.74 Å². The number of hydrogen-bond acceptors (Lipinski definition) is 3. The van der Waals surface area contributed by atoms with E-state index in [0.29, 0.717) is 30.5 Å². The predicted octanol–water partition coefficient (Wildman–Crippen LogP) is 3.76. The summed E-state index contributed by atoms with van der Waals surface area (Å²) >= 11 is 6.01. The molecule has 1 aliphatic rings. The van der Waals surface area contributed by atoms with Crippen molar-refractivity contribution >= 4 is 28.4 Å². The number of nitrogens with zero attached hydrogens (tertiary/aromatic N) is 1.